The van der Waals surface area contributed by atoms with Crippen LogP contribution in [0, 0.1) is 20.8 Å². The molecule has 0 bridgehead atoms. The molecule has 1 aliphatic carbocycles. The van der Waals surface area contributed by atoms with Gasteiger partial charge >= 0.3 is 0 Å². The first kappa shape index (κ1) is 32.3. The lowest BCUT2D eigenvalue weighted by molar-refractivity contribution is 0.590. The molecule has 1 aliphatic rings. The predicted molar refractivity (Wildman–Crippen MR) is 223 cm³/mol. The molecule has 52 heavy (non-hydrogen) atoms. The van der Waals surface area contributed by atoms with Crippen molar-refractivity contribution < 1.29 is 0 Å². The van der Waals surface area contributed by atoms with E-state index in [1.54, 1.807) is 0 Å². The highest BCUT2D eigenvalue weighted by Gasteiger charge is 2.38. The zero-order valence-corrected chi connectivity index (χ0v) is 31.6. The predicted octanol–water partition coefficient (Wildman–Crippen LogP) is 13.9. The van der Waals surface area contributed by atoms with Gasteiger partial charge in [0.1, 0.15) is 0 Å². The molecule has 2 heteroatoms. The van der Waals surface area contributed by atoms with Crippen molar-refractivity contribution in [3.8, 4) is 16.8 Å². The molecule has 0 saturated heterocycles. The van der Waals surface area contributed by atoms with Gasteiger partial charge in [-0.15, -0.1) is 0 Å². The minimum Gasteiger partial charge on any atom is -0.310 e. The molecule has 0 N–H and O–H groups in total. The van der Waals surface area contributed by atoms with Crippen LogP contribution in [0.2, 0.25) is 0 Å². The summed E-state index contributed by atoms with van der Waals surface area (Å²) in [4.78, 5) is 2.41. The van der Waals surface area contributed by atoms with Crippen LogP contribution in [0.1, 0.15) is 68.0 Å². The SMILES string of the molecule is Cc1ccc(N(c2ccc(C(C)(C)C)cc2)c2ccc3c(c2)C(C)(C)c2cc(-n4c5ccc(C)cc5c5cc(C)ccc54)c4ccccc4c2-3)cc1. The third kappa shape index (κ3) is 4.92. The molecule has 0 radical (unpaired) electrons. The van der Waals surface area contributed by atoms with Crippen LogP contribution in [0.3, 0.4) is 0 Å². The monoisotopic (exact) mass is 674 g/mol. The highest BCUT2D eigenvalue weighted by atomic mass is 15.1. The van der Waals surface area contributed by atoms with Gasteiger partial charge in [-0.25, -0.2) is 0 Å². The number of anilines is 3. The van der Waals surface area contributed by atoms with Gasteiger partial charge in [0.25, 0.3) is 0 Å². The Hall–Kier alpha value is -5.60. The number of fused-ring (bicyclic) bond motifs is 8. The van der Waals surface area contributed by atoms with Crippen LogP contribution in [0.25, 0.3) is 49.4 Å². The third-order valence-electron chi connectivity index (χ3n) is 11.5. The van der Waals surface area contributed by atoms with Gasteiger partial charge in [-0.1, -0.05) is 118 Å². The van der Waals surface area contributed by atoms with Crippen molar-refractivity contribution in [3.63, 3.8) is 0 Å². The fourth-order valence-corrected chi connectivity index (χ4v) is 8.64. The smallest absolute Gasteiger partial charge is 0.0544 e. The lowest BCUT2D eigenvalue weighted by Crippen LogP contribution is -2.17. The highest BCUT2D eigenvalue weighted by molar-refractivity contribution is 6.13. The number of benzene rings is 7. The lowest BCUT2D eigenvalue weighted by atomic mass is 9.81. The van der Waals surface area contributed by atoms with E-state index < -0.39 is 0 Å². The summed E-state index contributed by atoms with van der Waals surface area (Å²) in [5.74, 6) is 0. The van der Waals surface area contributed by atoms with Gasteiger partial charge in [0, 0.05) is 38.6 Å². The summed E-state index contributed by atoms with van der Waals surface area (Å²) in [5.41, 5.74) is 17.7. The molecule has 7 aromatic carbocycles. The normalized spacial score (nSPS) is 13.5. The molecule has 9 rings (SSSR count). The van der Waals surface area contributed by atoms with Crippen molar-refractivity contribution in [3.05, 3.63) is 167 Å². The maximum Gasteiger partial charge on any atom is 0.0544 e. The molecule has 1 aromatic heterocycles. The summed E-state index contributed by atoms with van der Waals surface area (Å²) in [7, 11) is 0. The lowest BCUT2D eigenvalue weighted by Gasteiger charge is -2.29. The van der Waals surface area contributed by atoms with Gasteiger partial charge in [0.15, 0.2) is 0 Å². The van der Waals surface area contributed by atoms with Gasteiger partial charge in [-0.2, -0.15) is 0 Å². The number of aromatic nitrogens is 1. The fraction of sp³-hybridized carbons (Fsp3) is 0.200. The van der Waals surface area contributed by atoms with E-state index in [1.807, 2.05) is 0 Å². The van der Waals surface area contributed by atoms with Crippen LogP contribution in [0.15, 0.2) is 133 Å². The average molecular weight is 675 g/mol. The molecule has 8 aromatic rings. The van der Waals surface area contributed by atoms with Gasteiger partial charge in [0.05, 0.1) is 16.7 Å². The van der Waals surface area contributed by atoms with Crippen LogP contribution in [-0.2, 0) is 10.8 Å². The number of hydrogen-bond acceptors (Lipinski definition) is 1. The molecular formula is C50H46N2. The second-order valence-electron chi connectivity index (χ2n) is 16.6. The van der Waals surface area contributed by atoms with Crippen LogP contribution < -0.4 is 4.90 Å². The second-order valence-corrected chi connectivity index (χ2v) is 16.6. The second kappa shape index (κ2) is 11.5. The van der Waals surface area contributed by atoms with Gasteiger partial charge in [-0.05, 0) is 126 Å². The zero-order valence-electron chi connectivity index (χ0n) is 31.6. The Labute approximate surface area is 308 Å². The molecule has 1 heterocycles. The average Bonchev–Trinajstić information content (AvgIpc) is 3.55. The summed E-state index contributed by atoms with van der Waals surface area (Å²) in [6, 6.07) is 50.5. The molecule has 256 valence electrons. The van der Waals surface area contributed by atoms with Crippen LogP contribution >= 0.6 is 0 Å². The summed E-state index contributed by atoms with van der Waals surface area (Å²) in [6.07, 6.45) is 0. The van der Waals surface area contributed by atoms with Gasteiger partial charge in [0.2, 0.25) is 0 Å². The molecule has 0 spiro atoms. The highest BCUT2D eigenvalue weighted by Crippen LogP contribution is 2.54. The third-order valence-corrected chi connectivity index (χ3v) is 11.5. The van der Waals surface area contributed by atoms with E-state index in [1.165, 1.54) is 88.5 Å². The van der Waals surface area contributed by atoms with E-state index >= 15 is 0 Å². The Morgan fingerprint density at radius 3 is 1.63 bits per heavy atom. The van der Waals surface area contributed by atoms with Crippen molar-refractivity contribution in [1.82, 2.24) is 4.57 Å². The molecule has 0 atom stereocenters. The van der Waals surface area contributed by atoms with Crippen LogP contribution in [0.4, 0.5) is 17.1 Å². The molecule has 0 aliphatic heterocycles. The van der Waals surface area contributed by atoms with Crippen molar-refractivity contribution in [2.75, 3.05) is 4.90 Å². The van der Waals surface area contributed by atoms with E-state index in [-0.39, 0.29) is 10.8 Å². The van der Waals surface area contributed by atoms with E-state index in [9.17, 15) is 0 Å². The molecule has 2 nitrogen and oxygen atoms in total. The molecule has 0 amide bonds. The minimum atomic E-state index is -0.222. The van der Waals surface area contributed by atoms with E-state index in [2.05, 4.69) is 198 Å². The van der Waals surface area contributed by atoms with Crippen molar-refractivity contribution in [1.29, 1.82) is 0 Å². The number of hydrogen-bond donors (Lipinski definition) is 0. The number of rotatable bonds is 4. The fourth-order valence-electron chi connectivity index (χ4n) is 8.64. The van der Waals surface area contributed by atoms with Gasteiger partial charge < -0.3 is 9.47 Å². The maximum atomic E-state index is 2.51. The van der Waals surface area contributed by atoms with E-state index in [4.69, 9.17) is 0 Å². The molecule has 0 unspecified atom stereocenters. The summed E-state index contributed by atoms with van der Waals surface area (Å²) in [5, 5.41) is 5.19. The molecule has 0 saturated carbocycles. The Morgan fingerprint density at radius 1 is 0.500 bits per heavy atom. The summed E-state index contributed by atoms with van der Waals surface area (Å²) < 4.78 is 2.51. The van der Waals surface area contributed by atoms with Crippen LogP contribution in [-0.4, -0.2) is 4.57 Å². The van der Waals surface area contributed by atoms with E-state index in [0.29, 0.717) is 0 Å². The summed E-state index contributed by atoms with van der Waals surface area (Å²) in [6.45, 7) is 18.2. The minimum absolute atomic E-state index is 0.0926. The van der Waals surface area contributed by atoms with Crippen molar-refractivity contribution >= 4 is 49.6 Å². The maximum absolute atomic E-state index is 2.51. The Bertz CT molecular complexity index is 2640. The Kier molecular flexibility index (Phi) is 7.12. The largest absolute Gasteiger partial charge is 0.310 e. The molecule has 0 fully saturated rings. The number of nitrogens with zero attached hydrogens (tertiary/aromatic N) is 2. The van der Waals surface area contributed by atoms with E-state index in [0.717, 1.165) is 11.4 Å². The van der Waals surface area contributed by atoms with Crippen molar-refractivity contribution in [2.45, 2.75) is 66.2 Å². The number of aryl methyl sites for hydroxylation is 3. The topological polar surface area (TPSA) is 8.17 Å². The quantitative estimate of drug-likeness (QED) is 0.180. The standard InChI is InChI=1S/C50H46N2/c1-31-13-19-35(20-14-31)51(36-21-17-34(18-22-36)49(4,5)6)37-23-24-40-43(29-37)50(7,8)44-30-47(38-11-9-10-12-39(38)48(40)44)52-45-25-15-32(2)27-41(45)42-28-33(3)16-26-46(42)52/h9-30H,1-8H3. The summed E-state index contributed by atoms with van der Waals surface area (Å²) >= 11 is 0. The Morgan fingerprint density at radius 2 is 1.04 bits per heavy atom. The van der Waals surface area contributed by atoms with Crippen molar-refractivity contribution in [2.24, 2.45) is 0 Å². The van der Waals surface area contributed by atoms with Crippen LogP contribution in [0.5, 0.6) is 0 Å². The Balaban J connectivity index is 1.26. The zero-order chi connectivity index (χ0) is 36.1. The first-order valence-corrected chi connectivity index (χ1v) is 18.6. The van der Waals surface area contributed by atoms with Gasteiger partial charge in [-0.3, -0.25) is 0 Å². The first-order chi connectivity index (χ1) is 24.9. The molecular weight excluding hydrogens is 629 g/mol. The first-order valence-electron chi connectivity index (χ1n) is 18.6.